The van der Waals surface area contributed by atoms with Crippen molar-refractivity contribution in [2.45, 2.75) is 39.3 Å². The molecule has 1 aromatic rings. The normalized spacial score (nSPS) is 21.1. The minimum absolute atomic E-state index is 0.527. The van der Waals surface area contributed by atoms with Gasteiger partial charge in [-0.3, -0.25) is 4.90 Å². The van der Waals surface area contributed by atoms with Crippen LogP contribution < -0.4 is 5.32 Å². The Bertz CT molecular complexity index is 392. The lowest BCUT2D eigenvalue weighted by atomic mass is 10.2. The molecule has 94 valence electrons. The molecule has 1 atom stereocenters. The van der Waals surface area contributed by atoms with Gasteiger partial charge >= 0.3 is 0 Å². The first-order chi connectivity index (χ1) is 8.06. The maximum absolute atomic E-state index is 5.85. The first kappa shape index (κ1) is 12.7. The summed E-state index contributed by atoms with van der Waals surface area (Å²) in [5.74, 6) is 0. The average molecular weight is 254 g/mol. The maximum Gasteiger partial charge on any atom is 0.129 e. The third kappa shape index (κ3) is 3.11. The van der Waals surface area contributed by atoms with Crippen LogP contribution in [-0.4, -0.2) is 35.1 Å². The van der Waals surface area contributed by atoms with Gasteiger partial charge in [-0.2, -0.15) is 0 Å². The Morgan fingerprint density at radius 1 is 1.47 bits per heavy atom. The van der Waals surface area contributed by atoms with Crippen molar-refractivity contribution in [3.05, 3.63) is 23.0 Å². The highest BCUT2D eigenvalue weighted by Gasteiger charge is 2.24. The molecule has 0 spiro atoms. The van der Waals surface area contributed by atoms with Crippen LogP contribution in [0.1, 0.15) is 26.0 Å². The zero-order valence-electron chi connectivity index (χ0n) is 10.7. The van der Waals surface area contributed by atoms with Gasteiger partial charge in [0.2, 0.25) is 0 Å². The molecule has 2 heterocycles. The van der Waals surface area contributed by atoms with Gasteiger partial charge in [-0.1, -0.05) is 11.6 Å². The number of likely N-dealkylation sites (tertiary alicyclic amines) is 1. The molecule has 0 aliphatic carbocycles. The van der Waals surface area contributed by atoms with E-state index < -0.39 is 0 Å². The summed E-state index contributed by atoms with van der Waals surface area (Å²) in [4.78, 5) is 6.76. The predicted octanol–water partition coefficient (Wildman–Crippen LogP) is 2.94. The molecule has 1 fully saturated rings. The fraction of sp³-hybridized carbons (Fsp3) is 0.615. The Morgan fingerprint density at radius 3 is 2.82 bits per heavy atom. The highest BCUT2D eigenvalue weighted by atomic mass is 35.5. The number of rotatable bonds is 3. The Kier molecular flexibility index (Phi) is 3.89. The van der Waals surface area contributed by atoms with E-state index in [0.717, 1.165) is 17.9 Å². The monoisotopic (exact) mass is 253 g/mol. The van der Waals surface area contributed by atoms with Gasteiger partial charge in [0.05, 0.1) is 11.4 Å². The molecular weight excluding hydrogens is 234 g/mol. The number of halogens is 1. The lowest BCUT2D eigenvalue weighted by Crippen LogP contribution is -2.31. The van der Waals surface area contributed by atoms with Crippen molar-refractivity contribution >= 4 is 17.3 Å². The van der Waals surface area contributed by atoms with E-state index in [0.29, 0.717) is 17.2 Å². The van der Waals surface area contributed by atoms with Crippen molar-refractivity contribution in [1.29, 1.82) is 0 Å². The molecule has 0 bridgehead atoms. The van der Waals surface area contributed by atoms with Crippen molar-refractivity contribution in [3.63, 3.8) is 0 Å². The van der Waals surface area contributed by atoms with Crippen LogP contribution in [-0.2, 0) is 0 Å². The van der Waals surface area contributed by atoms with Crippen molar-refractivity contribution in [3.8, 4) is 0 Å². The van der Waals surface area contributed by atoms with Crippen LogP contribution in [0.25, 0.3) is 0 Å². The summed E-state index contributed by atoms with van der Waals surface area (Å²) in [6.07, 6.45) is 1.19. The number of nitrogens with one attached hydrogen (secondary N) is 1. The number of anilines is 1. The summed E-state index contributed by atoms with van der Waals surface area (Å²) in [5, 5.41) is 4.12. The molecule has 0 aromatic carbocycles. The Balaban J connectivity index is 1.98. The van der Waals surface area contributed by atoms with Crippen molar-refractivity contribution in [1.82, 2.24) is 9.88 Å². The van der Waals surface area contributed by atoms with Crippen molar-refractivity contribution < 1.29 is 0 Å². The third-order valence-corrected chi connectivity index (χ3v) is 3.57. The average Bonchev–Trinajstić information content (AvgIpc) is 2.71. The first-order valence-corrected chi connectivity index (χ1v) is 6.58. The third-order valence-electron chi connectivity index (χ3n) is 3.36. The topological polar surface area (TPSA) is 28.2 Å². The summed E-state index contributed by atoms with van der Waals surface area (Å²) in [6.45, 7) is 8.77. The van der Waals surface area contributed by atoms with Gasteiger partial charge in [-0.25, -0.2) is 4.98 Å². The van der Waals surface area contributed by atoms with Gasteiger partial charge in [-0.05, 0) is 39.3 Å². The molecule has 1 saturated heterocycles. The lowest BCUT2D eigenvalue weighted by Gasteiger charge is -2.21. The molecule has 1 N–H and O–H groups in total. The highest BCUT2D eigenvalue weighted by molar-refractivity contribution is 6.29. The summed E-state index contributed by atoms with van der Waals surface area (Å²) in [6, 6.07) is 5.01. The Morgan fingerprint density at radius 2 is 2.24 bits per heavy atom. The number of aryl methyl sites for hydroxylation is 1. The van der Waals surface area contributed by atoms with E-state index in [1.807, 2.05) is 19.1 Å². The minimum Gasteiger partial charge on any atom is -0.380 e. The van der Waals surface area contributed by atoms with Crippen molar-refractivity contribution in [2.24, 2.45) is 0 Å². The van der Waals surface area contributed by atoms with Crippen LogP contribution in [0.2, 0.25) is 5.15 Å². The summed E-state index contributed by atoms with van der Waals surface area (Å²) >= 11 is 5.85. The number of aromatic nitrogens is 1. The number of hydrogen-bond acceptors (Lipinski definition) is 3. The Hall–Kier alpha value is -0.800. The largest absolute Gasteiger partial charge is 0.380 e. The standard InChI is InChI=1S/C13H20ClN3/c1-9(2)17-7-6-11(8-17)16-12-4-5-13(14)15-10(12)3/h4-5,9,11,16H,6-8H2,1-3H3. The second-order valence-corrected chi connectivity index (χ2v) is 5.37. The van der Waals surface area contributed by atoms with E-state index >= 15 is 0 Å². The van der Waals surface area contributed by atoms with E-state index in [1.165, 1.54) is 13.0 Å². The van der Waals surface area contributed by atoms with E-state index in [9.17, 15) is 0 Å². The molecule has 2 rings (SSSR count). The summed E-state index contributed by atoms with van der Waals surface area (Å²) in [5.41, 5.74) is 2.07. The summed E-state index contributed by atoms with van der Waals surface area (Å²) < 4.78 is 0. The molecule has 1 aliphatic rings. The SMILES string of the molecule is Cc1nc(Cl)ccc1NC1CCN(C(C)C)C1. The highest BCUT2D eigenvalue weighted by Crippen LogP contribution is 2.20. The summed E-state index contributed by atoms with van der Waals surface area (Å²) in [7, 11) is 0. The zero-order chi connectivity index (χ0) is 12.4. The van der Waals surface area contributed by atoms with E-state index in [4.69, 9.17) is 11.6 Å². The predicted molar refractivity (Wildman–Crippen MR) is 72.7 cm³/mol. The van der Waals surface area contributed by atoms with E-state index in [2.05, 4.69) is 29.0 Å². The van der Waals surface area contributed by atoms with Crippen LogP contribution in [0.4, 0.5) is 5.69 Å². The van der Waals surface area contributed by atoms with Gasteiger partial charge in [0.15, 0.2) is 0 Å². The molecule has 0 saturated carbocycles. The van der Waals surface area contributed by atoms with E-state index in [1.54, 1.807) is 0 Å². The van der Waals surface area contributed by atoms with Gasteiger partial charge < -0.3 is 5.32 Å². The van der Waals surface area contributed by atoms with Gasteiger partial charge in [0.25, 0.3) is 0 Å². The molecule has 1 unspecified atom stereocenters. The molecule has 3 nitrogen and oxygen atoms in total. The lowest BCUT2D eigenvalue weighted by molar-refractivity contribution is 0.274. The fourth-order valence-electron chi connectivity index (χ4n) is 2.28. The molecule has 0 radical (unpaired) electrons. The quantitative estimate of drug-likeness (QED) is 0.840. The van der Waals surface area contributed by atoms with E-state index in [-0.39, 0.29) is 0 Å². The fourth-order valence-corrected chi connectivity index (χ4v) is 2.47. The second-order valence-electron chi connectivity index (χ2n) is 4.99. The molecule has 0 amide bonds. The molecule has 17 heavy (non-hydrogen) atoms. The zero-order valence-corrected chi connectivity index (χ0v) is 11.5. The number of nitrogens with zero attached hydrogens (tertiary/aromatic N) is 2. The smallest absolute Gasteiger partial charge is 0.129 e. The molecule has 4 heteroatoms. The van der Waals surface area contributed by atoms with Gasteiger partial charge in [-0.15, -0.1) is 0 Å². The molecule has 1 aromatic heterocycles. The molecule has 1 aliphatic heterocycles. The van der Waals surface area contributed by atoms with Gasteiger partial charge in [0, 0.05) is 25.2 Å². The first-order valence-electron chi connectivity index (χ1n) is 6.20. The van der Waals surface area contributed by atoms with Crippen LogP contribution in [0.5, 0.6) is 0 Å². The molecular formula is C13H20ClN3. The van der Waals surface area contributed by atoms with Gasteiger partial charge in [0.1, 0.15) is 5.15 Å². The number of hydrogen-bond donors (Lipinski definition) is 1. The van der Waals surface area contributed by atoms with Crippen LogP contribution in [0, 0.1) is 6.92 Å². The van der Waals surface area contributed by atoms with Crippen LogP contribution in [0.15, 0.2) is 12.1 Å². The van der Waals surface area contributed by atoms with Crippen molar-refractivity contribution in [2.75, 3.05) is 18.4 Å². The maximum atomic E-state index is 5.85. The Labute approximate surface area is 108 Å². The van der Waals surface area contributed by atoms with Crippen LogP contribution in [0.3, 0.4) is 0 Å². The number of pyridine rings is 1. The second kappa shape index (κ2) is 5.23. The minimum atomic E-state index is 0.527. The van der Waals surface area contributed by atoms with Crippen LogP contribution >= 0.6 is 11.6 Å².